The molecule has 0 aliphatic carbocycles. The lowest BCUT2D eigenvalue weighted by Crippen LogP contribution is -1.94. The van der Waals surface area contributed by atoms with E-state index >= 15 is 0 Å². The van der Waals surface area contributed by atoms with Gasteiger partial charge in [0.05, 0.1) is 10.6 Å². The van der Waals surface area contributed by atoms with Gasteiger partial charge in [-0.05, 0) is 37.6 Å². The zero-order valence-electron chi connectivity index (χ0n) is 11.2. The Morgan fingerprint density at radius 1 is 1.10 bits per heavy atom. The van der Waals surface area contributed by atoms with Gasteiger partial charge in [-0.3, -0.25) is 15.5 Å². The molecule has 6 heteroatoms. The first kappa shape index (κ1) is 13.7. The number of benzene rings is 2. The summed E-state index contributed by atoms with van der Waals surface area (Å²) in [5.41, 5.74) is 5.18. The van der Waals surface area contributed by atoms with E-state index in [4.69, 9.17) is 0 Å². The standard InChI is InChI=1S/C14H14N4O2/c1-10-8-9-13(14(11(10)2)18(19)20)16-17-15-12-6-4-3-5-7-12/h3-9H,1-2H3,(H,15,16). The highest BCUT2D eigenvalue weighted by Gasteiger charge is 2.18. The van der Waals surface area contributed by atoms with Gasteiger partial charge >= 0.3 is 0 Å². The quantitative estimate of drug-likeness (QED) is 0.510. The van der Waals surface area contributed by atoms with Crippen molar-refractivity contribution in [1.29, 1.82) is 0 Å². The average Bonchev–Trinajstić information content (AvgIpc) is 2.43. The number of nitrogens with zero attached hydrogens (tertiary/aromatic N) is 3. The van der Waals surface area contributed by atoms with Crippen LogP contribution in [0.5, 0.6) is 0 Å². The van der Waals surface area contributed by atoms with Crippen LogP contribution in [-0.2, 0) is 0 Å². The lowest BCUT2D eigenvalue weighted by molar-refractivity contribution is -0.384. The molecular weight excluding hydrogens is 256 g/mol. The molecule has 0 bridgehead atoms. The number of rotatable bonds is 4. The normalized spacial score (nSPS) is 10.7. The van der Waals surface area contributed by atoms with Crippen molar-refractivity contribution in [3.8, 4) is 0 Å². The minimum Gasteiger partial charge on any atom is -0.260 e. The first-order valence-electron chi connectivity index (χ1n) is 6.06. The Bertz CT molecular complexity index is 654. The number of anilines is 1. The highest BCUT2D eigenvalue weighted by Crippen LogP contribution is 2.32. The summed E-state index contributed by atoms with van der Waals surface area (Å²) in [6.45, 7) is 3.53. The van der Waals surface area contributed by atoms with Gasteiger partial charge in [-0.2, -0.15) is 0 Å². The highest BCUT2D eigenvalue weighted by molar-refractivity contribution is 5.63. The fourth-order valence-corrected chi connectivity index (χ4v) is 1.75. The van der Waals surface area contributed by atoms with Crippen LogP contribution in [0, 0.1) is 24.0 Å². The summed E-state index contributed by atoms with van der Waals surface area (Å²) in [7, 11) is 0. The van der Waals surface area contributed by atoms with E-state index in [1.165, 1.54) is 0 Å². The molecule has 6 nitrogen and oxygen atoms in total. The molecule has 102 valence electrons. The van der Waals surface area contributed by atoms with Crippen LogP contribution in [0.2, 0.25) is 0 Å². The van der Waals surface area contributed by atoms with Crippen molar-refractivity contribution in [2.45, 2.75) is 13.8 Å². The maximum Gasteiger partial charge on any atom is 0.299 e. The van der Waals surface area contributed by atoms with Crippen LogP contribution in [-0.4, -0.2) is 4.92 Å². The molecule has 0 saturated heterocycles. The summed E-state index contributed by atoms with van der Waals surface area (Å²) in [5, 5.41) is 18.8. The molecule has 0 amide bonds. The number of aryl methyl sites for hydroxylation is 1. The van der Waals surface area contributed by atoms with E-state index in [1.807, 2.05) is 37.3 Å². The van der Waals surface area contributed by atoms with E-state index in [0.29, 0.717) is 5.56 Å². The first-order valence-corrected chi connectivity index (χ1v) is 6.06. The molecule has 2 rings (SSSR count). The van der Waals surface area contributed by atoms with Crippen molar-refractivity contribution in [1.82, 2.24) is 0 Å². The summed E-state index contributed by atoms with van der Waals surface area (Å²) < 4.78 is 0. The molecule has 0 spiro atoms. The number of hydrogen-bond donors (Lipinski definition) is 1. The van der Waals surface area contributed by atoms with Gasteiger partial charge in [0.25, 0.3) is 5.69 Å². The van der Waals surface area contributed by atoms with E-state index < -0.39 is 4.92 Å². The number of nitrogens with one attached hydrogen (secondary N) is 1. The molecule has 0 radical (unpaired) electrons. The molecule has 0 unspecified atom stereocenters. The molecule has 0 heterocycles. The Labute approximate surface area is 116 Å². The Morgan fingerprint density at radius 3 is 2.45 bits per heavy atom. The topological polar surface area (TPSA) is 79.9 Å². The second-order valence-electron chi connectivity index (χ2n) is 4.31. The highest BCUT2D eigenvalue weighted by atomic mass is 16.6. The Hall–Kier alpha value is -2.76. The van der Waals surface area contributed by atoms with Crippen LogP contribution in [0.4, 0.5) is 17.1 Å². The van der Waals surface area contributed by atoms with E-state index in [-0.39, 0.29) is 11.4 Å². The molecule has 2 aromatic carbocycles. The Morgan fingerprint density at radius 2 is 1.80 bits per heavy atom. The van der Waals surface area contributed by atoms with Crippen molar-refractivity contribution >= 4 is 17.1 Å². The van der Waals surface area contributed by atoms with Crippen molar-refractivity contribution in [3.63, 3.8) is 0 Å². The third-order valence-corrected chi connectivity index (χ3v) is 2.97. The summed E-state index contributed by atoms with van der Waals surface area (Å²) in [5.74, 6) is 0. The fourth-order valence-electron chi connectivity index (χ4n) is 1.75. The number of nitro benzene ring substituents is 1. The first-order chi connectivity index (χ1) is 9.59. The molecular formula is C14H14N4O2. The average molecular weight is 270 g/mol. The molecule has 1 N–H and O–H groups in total. The van der Waals surface area contributed by atoms with Gasteiger partial charge in [-0.1, -0.05) is 29.5 Å². The summed E-state index contributed by atoms with van der Waals surface area (Å²) in [6, 6.07) is 12.6. The predicted molar refractivity (Wildman–Crippen MR) is 77.2 cm³/mol. The van der Waals surface area contributed by atoms with Crippen LogP contribution in [0.25, 0.3) is 0 Å². The summed E-state index contributed by atoms with van der Waals surface area (Å²) in [4.78, 5) is 10.7. The molecule has 0 aliphatic heterocycles. The summed E-state index contributed by atoms with van der Waals surface area (Å²) >= 11 is 0. The van der Waals surface area contributed by atoms with Crippen molar-refractivity contribution in [2.24, 2.45) is 10.3 Å². The fraction of sp³-hybridized carbons (Fsp3) is 0.143. The van der Waals surface area contributed by atoms with Crippen LogP contribution < -0.4 is 5.43 Å². The minimum atomic E-state index is -0.431. The van der Waals surface area contributed by atoms with E-state index in [0.717, 1.165) is 11.3 Å². The molecule has 20 heavy (non-hydrogen) atoms. The second kappa shape index (κ2) is 5.92. The Kier molecular flexibility index (Phi) is 4.05. The number of hydrogen-bond acceptors (Lipinski definition) is 4. The predicted octanol–water partition coefficient (Wildman–Crippen LogP) is 4.32. The van der Waals surface area contributed by atoms with Crippen molar-refractivity contribution < 1.29 is 4.92 Å². The van der Waals surface area contributed by atoms with Gasteiger partial charge in [0.2, 0.25) is 0 Å². The molecule has 2 aromatic rings. The summed E-state index contributed by atoms with van der Waals surface area (Å²) in [6.07, 6.45) is 0. The zero-order chi connectivity index (χ0) is 14.5. The Balaban J connectivity index is 2.25. The van der Waals surface area contributed by atoms with E-state index in [2.05, 4.69) is 15.8 Å². The van der Waals surface area contributed by atoms with Crippen LogP contribution >= 0.6 is 0 Å². The van der Waals surface area contributed by atoms with Gasteiger partial charge in [0.1, 0.15) is 0 Å². The molecule has 0 aromatic heterocycles. The SMILES string of the molecule is Cc1ccc(N=NNc2ccccc2)c([N+](=O)[O-])c1C. The van der Waals surface area contributed by atoms with Crippen LogP contribution in [0.3, 0.4) is 0 Å². The number of nitro groups is 1. The van der Waals surface area contributed by atoms with E-state index in [1.54, 1.807) is 19.1 Å². The van der Waals surface area contributed by atoms with Crippen molar-refractivity contribution in [3.05, 3.63) is 63.7 Å². The van der Waals surface area contributed by atoms with Crippen LogP contribution in [0.15, 0.2) is 52.8 Å². The van der Waals surface area contributed by atoms with Gasteiger partial charge in [-0.25, -0.2) is 0 Å². The third kappa shape index (κ3) is 2.97. The minimum absolute atomic E-state index is 0.0105. The lowest BCUT2D eigenvalue weighted by Gasteiger charge is -2.03. The van der Waals surface area contributed by atoms with Gasteiger partial charge < -0.3 is 0 Å². The third-order valence-electron chi connectivity index (χ3n) is 2.97. The molecule has 0 atom stereocenters. The zero-order valence-corrected chi connectivity index (χ0v) is 11.2. The lowest BCUT2D eigenvalue weighted by atomic mass is 10.1. The molecule has 0 aliphatic rings. The van der Waals surface area contributed by atoms with Gasteiger partial charge in [0, 0.05) is 5.56 Å². The van der Waals surface area contributed by atoms with Crippen molar-refractivity contribution in [2.75, 3.05) is 5.43 Å². The smallest absolute Gasteiger partial charge is 0.260 e. The maximum atomic E-state index is 11.1. The van der Waals surface area contributed by atoms with Gasteiger partial charge in [-0.15, -0.1) is 5.11 Å². The van der Waals surface area contributed by atoms with Gasteiger partial charge in [0.15, 0.2) is 5.69 Å². The number of para-hydroxylation sites is 1. The monoisotopic (exact) mass is 270 g/mol. The largest absolute Gasteiger partial charge is 0.299 e. The maximum absolute atomic E-state index is 11.1. The molecule has 0 fully saturated rings. The van der Waals surface area contributed by atoms with Crippen LogP contribution in [0.1, 0.15) is 11.1 Å². The van der Waals surface area contributed by atoms with E-state index in [9.17, 15) is 10.1 Å². The second-order valence-corrected chi connectivity index (χ2v) is 4.31. The molecule has 0 saturated carbocycles.